The van der Waals surface area contributed by atoms with Crippen molar-refractivity contribution in [3.63, 3.8) is 0 Å². The molecule has 0 saturated heterocycles. The van der Waals surface area contributed by atoms with E-state index in [0.717, 1.165) is 44.9 Å². The van der Waals surface area contributed by atoms with Gasteiger partial charge >= 0.3 is 5.97 Å². The second-order valence-electron chi connectivity index (χ2n) is 11.0. The second kappa shape index (κ2) is 6.50. The van der Waals surface area contributed by atoms with Crippen LogP contribution in [0, 0.1) is 28.6 Å². The number of hydrogen-bond acceptors (Lipinski definition) is 3. The van der Waals surface area contributed by atoms with Crippen LogP contribution in [0.2, 0.25) is 0 Å². The summed E-state index contributed by atoms with van der Waals surface area (Å²) in [6.45, 7) is 13.2. The Morgan fingerprint density at radius 1 is 1.12 bits per heavy atom. The third-order valence-corrected chi connectivity index (χ3v) is 8.53. The van der Waals surface area contributed by atoms with E-state index < -0.39 is 16.6 Å². The highest BCUT2D eigenvalue weighted by Crippen LogP contribution is 2.59. The zero-order valence-corrected chi connectivity index (χ0v) is 17.9. The van der Waals surface area contributed by atoms with Gasteiger partial charge in [0.1, 0.15) is 5.60 Å². The Hall–Kier alpha value is -0.570. The first-order chi connectivity index (χ1) is 12.0. The molecule has 3 atom stereocenters. The molecular weight excluding hydrogens is 324 g/mol. The highest BCUT2D eigenvalue weighted by atomic mass is 16.6. The van der Waals surface area contributed by atoms with E-state index in [9.17, 15) is 9.90 Å². The van der Waals surface area contributed by atoms with Crippen LogP contribution in [0.5, 0.6) is 0 Å². The van der Waals surface area contributed by atoms with Gasteiger partial charge in [-0.1, -0.05) is 47.5 Å². The average molecular weight is 365 g/mol. The first-order valence-electron chi connectivity index (χ1n) is 10.9. The summed E-state index contributed by atoms with van der Waals surface area (Å²) in [6.07, 6.45) is 8.65. The molecule has 150 valence electrons. The van der Waals surface area contributed by atoms with Gasteiger partial charge in [-0.3, -0.25) is 4.79 Å². The van der Waals surface area contributed by atoms with Crippen molar-refractivity contribution in [1.29, 1.82) is 0 Å². The molecule has 0 amide bonds. The van der Waals surface area contributed by atoms with Gasteiger partial charge in [0.2, 0.25) is 0 Å². The number of hydrogen-bond donors (Lipinski definition) is 1. The molecule has 4 fully saturated rings. The maximum absolute atomic E-state index is 13.5. The fourth-order valence-electron chi connectivity index (χ4n) is 6.46. The number of carbonyl (C=O) groups is 1. The predicted octanol–water partition coefficient (Wildman–Crippen LogP) is 5.49. The van der Waals surface area contributed by atoms with E-state index >= 15 is 0 Å². The van der Waals surface area contributed by atoms with Crippen molar-refractivity contribution in [3.8, 4) is 0 Å². The van der Waals surface area contributed by atoms with Crippen molar-refractivity contribution in [2.75, 3.05) is 0 Å². The van der Waals surface area contributed by atoms with E-state index in [1.807, 2.05) is 0 Å². The topological polar surface area (TPSA) is 46.5 Å². The first-order valence-corrected chi connectivity index (χ1v) is 10.9. The zero-order chi connectivity index (χ0) is 19.4. The van der Waals surface area contributed by atoms with Crippen LogP contribution in [0.3, 0.4) is 0 Å². The van der Waals surface area contributed by atoms with Crippen LogP contribution in [-0.4, -0.2) is 22.3 Å². The molecule has 0 aliphatic heterocycles. The van der Waals surface area contributed by atoms with Crippen LogP contribution < -0.4 is 0 Å². The van der Waals surface area contributed by atoms with Gasteiger partial charge in [-0.05, 0) is 68.6 Å². The smallest absolute Gasteiger partial charge is 0.312 e. The fraction of sp³-hybridized carbons (Fsp3) is 0.957. The Bertz CT molecular complexity index is 534. The third-order valence-electron chi connectivity index (χ3n) is 8.53. The summed E-state index contributed by atoms with van der Waals surface area (Å²) < 4.78 is 6.38. The maximum atomic E-state index is 13.5. The Balaban J connectivity index is 1.80. The summed E-state index contributed by atoms with van der Waals surface area (Å²) in [4.78, 5) is 13.5. The molecule has 3 nitrogen and oxygen atoms in total. The Kier molecular flexibility index (Phi) is 5.04. The van der Waals surface area contributed by atoms with E-state index in [4.69, 9.17) is 4.74 Å². The average Bonchev–Trinajstić information content (AvgIpc) is 2.51. The lowest BCUT2D eigenvalue weighted by Gasteiger charge is -2.59. The summed E-state index contributed by atoms with van der Waals surface area (Å²) >= 11 is 0. The summed E-state index contributed by atoms with van der Waals surface area (Å²) in [5, 5.41) is 11.0. The molecule has 26 heavy (non-hydrogen) atoms. The second-order valence-corrected chi connectivity index (χ2v) is 11.0. The molecule has 1 N–H and O–H groups in total. The monoisotopic (exact) mass is 364 g/mol. The van der Waals surface area contributed by atoms with E-state index in [-0.39, 0.29) is 17.3 Å². The highest BCUT2D eigenvalue weighted by molar-refractivity contribution is 5.77. The lowest BCUT2D eigenvalue weighted by atomic mass is 9.52. The van der Waals surface area contributed by atoms with Crippen LogP contribution >= 0.6 is 0 Å². The molecule has 4 saturated carbocycles. The van der Waals surface area contributed by atoms with E-state index in [1.54, 1.807) is 0 Å². The van der Waals surface area contributed by atoms with Crippen molar-refractivity contribution in [2.24, 2.45) is 28.6 Å². The number of rotatable bonds is 7. The van der Waals surface area contributed by atoms with Gasteiger partial charge in [0.05, 0.1) is 11.0 Å². The Morgan fingerprint density at radius 3 is 2.08 bits per heavy atom. The molecule has 3 heteroatoms. The van der Waals surface area contributed by atoms with Crippen LogP contribution in [-0.2, 0) is 9.53 Å². The SMILES string of the molecule is CCC(C)(CC)CC(C)(C(=O)OC12CC3CC(CC(O)(C3)C1)C2)C(C)C. The number of esters is 1. The van der Waals surface area contributed by atoms with Crippen LogP contribution in [0.1, 0.15) is 99.3 Å². The van der Waals surface area contributed by atoms with Gasteiger partial charge in [-0.2, -0.15) is 0 Å². The standard InChI is InChI=1S/C23H40O3/c1-7-20(5,8-2)14-21(6,16(3)4)19(24)26-23-12-17-9-18(13-23)11-22(25,10-17)15-23/h16-18,25H,7-15H2,1-6H3. The maximum Gasteiger partial charge on any atom is 0.312 e. The minimum absolute atomic E-state index is 0.0221. The summed E-state index contributed by atoms with van der Waals surface area (Å²) in [7, 11) is 0. The molecule has 0 radical (unpaired) electrons. The molecule has 0 aromatic heterocycles. The largest absolute Gasteiger partial charge is 0.459 e. The molecule has 0 aromatic rings. The molecule has 4 aliphatic carbocycles. The van der Waals surface area contributed by atoms with E-state index in [0.29, 0.717) is 18.3 Å². The molecule has 4 rings (SSSR count). The van der Waals surface area contributed by atoms with Gasteiger partial charge in [-0.25, -0.2) is 0 Å². The van der Waals surface area contributed by atoms with Gasteiger partial charge in [0, 0.05) is 6.42 Å². The van der Waals surface area contributed by atoms with Crippen LogP contribution in [0.4, 0.5) is 0 Å². The number of aliphatic hydroxyl groups is 1. The molecule has 4 aliphatic rings. The van der Waals surface area contributed by atoms with Gasteiger partial charge in [0.25, 0.3) is 0 Å². The van der Waals surface area contributed by atoms with Crippen molar-refractivity contribution < 1.29 is 14.6 Å². The van der Waals surface area contributed by atoms with Crippen molar-refractivity contribution >= 4 is 5.97 Å². The summed E-state index contributed by atoms with van der Waals surface area (Å²) in [6, 6.07) is 0. The van der Waals surface area contributed by atoms with Crippen LogP contribution in [0.25, 0.3) is 0 Å². The molecule has 0 spiro atoms. The Labute approximate surface area is 160 Å². The van der Waals surface area contributed by atoms with Gasteiger partial charge in [-0.15, -0.1) is 0 Å². The minimum Gasteiger partial charge on any atom is -0.459 e. The fourth-order valence-corrected chi connectivity index (χ4v) is 6.46. The van der Waals surface area contributed by atoms with Crippen molar-refractivity contribution in [1.82, 2.24) is 0 Å². The molecular formula is C23H40O3. The van der Waals surface area contributed by atoms with Crippen molar-refractivity contribution in [3.05, 3.63) is 0 Å². The van der Waals surface area contributed by atoms with Gasteiger partial charge in [0.15, 0.2) is 0 Å². The first kappa shape index (κ1) is 20.2. The normalized spacial score (nSPS) is 38.5. The lowest BCUT2D eigenvalue weighted by molar-refractivity contribution is -0.228. The van der Waals surface area contributed by atoms with Crippen LogP contribution in [0.15, 0.2) is 0 Å². The third kappa shape index (κ3) is 3.45. The summed E-state index contributed by atoms with van der Waals surface area (Å²) in [5.41, 5.74) is -1.29. The molecule has 0 heterocycles. The van der Waals surface area contributed by atoms with Gasteiger partial charge < -0.3 is 9.84 Å². The molecule has 0 aromatic carbocycles. The number of ether oxygens (including phenoxy) is 1. The minimum atomic E-state index is -0.583. The van der Waals surface area contributed by atoms with Crippen molar-refractivity contribution in [2.45, 2.75) is 111 Å². The molecule has 4 bridgehead atoms. The predicted molar refractivity (Wildman–Crippen MR) is 105 cm³/mol. The number of carbonyl (C=O) groups excluding carboxylic acids is 1. The summed E-state index contributed by atoms with van der Waals surface area (Å²) in [5.74, 6) is 1.29. The van der Waals surface area contributed by atoms with E-state index in [2.05, 4.69) is 41.5 Å². The lowest BCUT2D eigenvalue weighted by Crippen LogP contribution is -2.61. The Morgan fingerprint density at radius 2 is 1.65 bits per heavy atom. The zero-order valence-electron chi connectivity index (χ0n) is 17.9. The quantitative estimate of drug-likeness (QED) is 0.607. The highest BCUT2D eigenvalue weighted by Gasteiger charge is 2.60. The van der Waals surface area contributed by atoms with E-state index in [1.165, 1.54) is 6.42 Å². The molecule has 3 unspecified atom stereocenters.